The van der Waals surface area contributed by atoms with Crippen molar-refractivity contribution in [1.29, 1.82) is 0 Å². The van der Waals surface area contributed by atoms with Crippen molar-refractivity contribution in [3.63, 3.8) is 0 Å². The van der Waals surface area contributed by atoms with Crippen LogP contribution in [0.5, 0.6) is 11.5 Å². The number of rotatable bonds is 3. The SMILES string of the molecule is COc1cc(OC(=O)C(F)(F)F)ccc1[N+](=O)[O-]. The normalized spacial score (nSPS) is 10.9. The fourth-order valence-electron chi connectivity index (χ4n) is 1.04. The molecule has 0 amide bonds. The van der Waals surface area contributed by atoms with Crippen LogP contribution >= 0.6 is 0 Å². The molecule has 6 nitrogen and oxygen atoms in total. The zero-order chi connectivity index (χ0) is 13.9. The molecule has 0 aromatic heterocycles. The fourth-order valence-corrected chi connectivity index (χ4v) is 1.04. The van der Waals surface area contributed by atoms with Crippen molar-refractivity contribution in [3.05, 3.63) is 28.3 Å². The molecule has 0 heterocycles. The van der Waals surface area contributed by atoms with E-state index in [0.717, 1.165) is 25.3 Å². The highest BCUT2D eigenvalue weighted by Gasteiger charge is 2.41. The maximum absolute atomic E-state index is 11.9. The van der Waals surface area contributed by atoms with E-state index in [2.05, 4.69) is 9.47 Å². The summed E-state index contributed by atoms with van der Waals surface area (Å²) in [5, 5.41) is 10.5. The average Bonchev–Trinajstić information content (AvgIpc) is 2.27. The van der Waals surface area contributed by atoms with E-state index >= 15 is 0 Å². The summed E-state index contributed by atoms with van der Waals surface area (Å²) in [6, 6.07) is 2.56. The van der Waals surface area contributed by atoms with Gasteiger partial charge in [0.15, 0.2) is 0 Å². The summed E-state index contributed by atoms with van der Waals surface area (Å²) >= 11 is 0. The second-order valence-corrected chi connectivity index (χ2v) is 2.98. The molecule has 1 aromatic rings. The highest BCUT2D eigenvalue weighted by molar-refractivity contribution is 5.78. The second kappa shape index (κ2) is 4.90. The lowest BCUT2D eigenvalue weighted by atomic mass is 10.3. The van der Waals surface area contributed by atoms with E-state index in [0.29, 0.717) is 0 Å². The number of esters is 1. The third-order valence-corrected chi connectivity index (χ3v) is 1.79. The number of carbonyl (C=O) groups excluding carboxylic acids is 1. The number of ether oxygens (including phenoxy) is 2. The summed E-state index contributed by atoms with van der Waals surface area (Å²) in [4.78, 5) is 20.3. The Hall–Kier alpha value is -2.32. The van der Waals surface area contributed by atoms with Gasteiger partial charge in [-0.15, -0.1) is 0 Å². The Morgan fingerprint density at radius 3 is 2.44 bits per heavy atom. The number of benzene rings is 1. The maximum Gasteiger partial charge on any atom is 0.491 e. The van der Waals surface area contributed by atoms with Gasteiger partial charge in [-0.05, 0) is 6.07 Å². The minimum Gasteiger partial charge on any atom is -0.490 e. The number of alkyl halides is 3. The Bertz CT molecular complexity index is 486. The lowest BCUT2D eigenvalue weighted by Crippen LogP contribution is -2.27. The molecule has 0 fully saturated rings. The topological polar surface area (TPSA) is 78.7 Å². The molecule has 18 heavy (non-hydrogen) atoms. The van der Waals surface area contributed by atoms with Crippen molar-refractivity contribution in [1.82, 2.24) is 0 Å². The molecule has 0 saturated carbocycles. The lowest BCUT2D eigenvalue weighted by Gasteiger charge is -2.08. The lowest BCUT2D eigenvalue weighted by molar-refractivity contribution is -0.385. The second-order valence-electron chi connectivity index (χ2n) is 2.98. The van der Waals surface area contributed by atoms with Crippen LogP contribution in [0.2, 0.25) is 0 Å². The van der Waals surface area contributed by atoms with Gasteiger partial charge in [0.1, 0.15) is 5.75 Å². The summed E-state index contributed by atoms with van der Waals surface area (Å²) in [5.41, 5.74) is -0.454. The Morgan fingerprint density at radius 1 is 1.39 bits per heavy atom. The molecule has 9 heteroatoms. The van der Waals surface area contributed by atoms with Gasteiger partial charge in [-0.1, -0.05) is 0 Å². The molecule has 98 valence electrons. The molecule has 0 unspecified atom stereocenters. The molecule has 0 aliphatic carbocycles. The number of hydrogen-bond donors (Lipinski definition) is 0. The molecule has 0 aliphatic heterocycles. The molecule has 1 rings (SSSR count). The molecular formula is C9H6F3NO5. The minimum absolute atomic E-state index is 0.313. The van der Waals surface area contributed by atoms with E-state index in [4.69, 9.17) is 0 Å². The van der Waals surface area contributed by atoms with E-state index in [1.165, 1.54) is 0 Å². The van der Waals surface area contributed by atoms with Crippen molar-refractivity contribution >= 4 is 11.7 Å². The molecule has 0 saturated heterocycles. The summed E-state index contributed by atoms with van der Waals surface area (Å²) in [6.07, 6.45) is -5.14. The number of methoxy groups -OCH3 is 1. The van der Waals surface area contributed by atoms with Gasteiger partial charge in [-0.3, -0.25) is 10.1 Å². The monoisotopic (exact) mass is 265 g/mol. The van der Waals surface area contributed by atoms with Gasteiger partial charge >= 0.3 is 17.8 Å². The van der Waals surface area contributed by atoms with Gasteiger partial charge in [0, 0.05) is 12.1 Å². The van der Waals surface area contributed by atoms with Crippen LogP contribution in [0, 0.1) is 10.1 Å². The van der Waals surface area contributed by atoms with E-state index < -0.39 is 28.5 Å². The van der Waals surface area contributed by atoms with Crippen LogP contribution in [-0.4, -0.2) is 24.2 Å². The van der Waals surface area contributed by atoms with Crippen LogP contribution in [0.3, 0.4) is 0 Å². The van der Waals surface area contributed by atoms with Crippen LogP contribution in [-0.2, 0) is 4.79 Å². The average molecular weight is 265 g/mol. The van der Waals surface area contributed by atoms with Gasteiger partial charge in [0.25, 0.3) is 0 Å². The zero-order valence-corrected chi connectivity index (χ0v) is 8.85. The van der Waals surface area contributed by atoms with Gasteiger partial charge in [0.2, 0.25) is 5.75 Å². The summed E-state index contributed by atoms with van der Waals surface area (Å²) < 4.78 is 44.3. The highest BCUT2D eigenvalue weighted by atomic mass is 19.4. The van der Waals surface area contributed by atoms with Gasteiger partial charge in [-0.2, -0.15) is 13.2 Å². The molecule has 0 atom stereocenters. The van der Waals surface area contributed by atoms with Crippen LogP contribution in [0.1, 0.15) is 0 Å². The largest absolute Gasteiger partial charge is 0.491 e. The Balaban J connectivity index is 3.00. The quantitative estimate of drug-likeness (QED) is 0.362. The smallest absolute Gasteiger partial charge is 0.490 e. The predicted molar refractivity (Wildman–Crippen MR) is 51.3 cm³/mol. The number of nitro groups is 1. The van der Waals surface area contributed by atoms with Gasteiger partial charge in [0.05, 0.1) is 12.0 Å². The summed E-state index contributed by atoms with van der Waals surface area (Å²) in [5.74, 6) is -3.23. The van der Waals surface area contributed by atoms with E-state index in [-0.39, 0.29) is 5.75 Å². The summed E-state index contributed by atoms with van der Waals surface area (Å²) in [7, 11) is 1.09. The molecule has 0 N–H and O–H groups in total. The number of hydrogen-bond acceptors (Lipinski definition) is 5. The van der Waals surface area contributed by atoms with E-state index in [1.54, 1.807) is 0 Å². The predicted octanol–water partition coefficient (Wildman–Crippen LogP) is 2.07. The number of halogens is 3. The van der Waals surface area contributed by atoms with Crippen molar-refractivity contribution in [2.75, 3.05) is 7.11 Å². The molecule has 0 spiro atoms. The molecule has 0 radical (unpaired) electrons. The van der Waals surface area contributed by atoms with Crippen molar-refractivity contribution in [2.24, 2.45) is 0 Å². The third kappa shape index (κ3) is 3.09. The first-order valence-electron chi connectivity index (χ1n) is 4.37. The Labute approximate surface area is 98.1 Å². The number of nitrogens with zero attached hydrogens (tertiary/aromatic N) is 1. The summed E-state index contributed by atoms with van der Waals surface area (Å²) in [6.45, 7) is 0. The first kappa shape index (κ1) is 13.7. The van der Waals surface area contributed by atoms with Crippen LogP contribution < -0.4 is 9.47 Å². The van der Waals surface area contributed by atoms with Gasteiger partial charge in [-0.25, -0.2) is 4.79 Å². The highest BCUT2D eigenvalue weighted by Crippen LogP contribution is 2.31. The molecule has 1 aromatic carbocycles. The van der Waals surface area contributed by atoms with Crippen LogP contribution in [0.25, 0.3) is 0 Å². The molecular weight excluding hydrogens is 259 g/mol. The van der Waals surface area contributed by atoms with Crippen molar-refractivity contribution < 1.29 is 32.4 Å². The first-order valence-corrected chi connectivity index (χ1v) is 4.37. The molecule has 0 bridgehead atoms. The Kier molecular flexibility index (Phi) is 3.74. The molecule has 0 aliphatic rings. The fraction of sp³-hybridized carbons (Fsp3) is 0.222. The van der Waals surface area contributed by atoms with Crippen molar-refractivity contribution in [2.45, 2.75) is 6.18 Å². The maximum atomic E-state index is 11.9. The van der Waals surface area contributed by atoms with Crippen LogP contribution in [0.4, 0.5) is 18.9 Å². The minimum atomic E-state index is -5.14. The third-order valence-electron chi connectivity index (χ3n) is 1.79. The van der Waals surface area contributed by atoms with Crippen molar-refractivity contribution in [3.8, 4) is 11.5 Å². The van der Waals surface area contributed by atoms with E-state index in [9.17, 15) is 28.1 Å². The van der Waals surface area contributed by atoms with E-state index in [1.807, 2.05) is 0 Å². The van der Waals surface area contributed by atoms with Crippen LogP contribution in [0.15, 0.2) is 18.2 Å². The standard InChI is InChI=1S/C9H6F3NO5/c1-17-7-4-5(2-3-6(7)13(15)16)18-8(14)9(10,11)12/h2-4H,1H3. The van der Waals surface area contributed by atoms with Gasteiger partial charge < -0.3 is 9.47 Å². The zero-order valence-electron chi connectivity index (χ0n) is 8.85. The number of nitro benzene ring substituents is 1. The Morgan fingerprint density at radius 2 is 2.00 bits per heavy atom. The number of carbonyl (C=O) groups is 1. The first-order chi connectivity index (χ1) is 8.25.